The van der Waals surface area contributed by atoms with E-state index in [1.165, 1.54) is 11.1 Å². The van der Waals surface area contributed by atoms with E-state index in [4.69, 9.17) is 17.3 Å². The zero-order valence-corrected chi connectivity index (χ0v) is 13.3. The van der Waals surface area contributed by atoms with Crippen LogP contribution in [0.15, 0.2) is 47.4 Å². The quantitative estimate of drug-likeness (QED) is 0.864. The van der Waals surface area contributed by atoms with Gasteiger partial charge in [0.2, 0.25) is 0 Å². The molecule has 21 heavy (non-hydrogen) atoms. The lowest BCUT2D eigenvalue weighted by Gasteiger charge is -2.25. The van der Waals surface area contributed by atoms with Gasteiger partial charge in [-0.3, -0.25) is 4.21 Å². The Morgan fingerprint density at radius 3 is 2.86 bits per heavy atom. The third kappa shape index (κ3) is 3.14. The van der Waals surface area contributed by atoms with Crippen molar-refractivity contribution in [3.63, 3.8) is 0 Å². The summed E-state index contributed by atoms with van der Waals surface area (Å²) in [4.78, 5) is 0.697. The van der Waals surface area contributed by atoms with Crippen molar-refractivity contribution in [1.82, 2.24) is 0 Å². The van der Waals surface area contributed by atoms with E-state index >= 15 is 0 Å². The maximum Gasteiger partial charge on any atom is 0.0618 e. The lowest BCUT2D eigenvalue weighted by Crippen LogP contribution is -2.16. The van der Waals surface area contributed by atoms with Crippen LogP contribution in [-0.2, 0) is 17.2 Å². The smallest absolute Gasteiger partial charge is 0.0618 e. The van der Waals surface area contributed by atoms with Gasteiger partial charge in [-0.1, -0.05) is 35.9 Å². The molecule has 1 aliphatic carbocycles. The van der Waals surface area contributed by atoms with Crippen LogP contribution in [0.25, 0.3) is 0 Å². The molecular formula is C17H18ClNOS. The lowest BCUT2D eigenvalue weighted by atomic mass is 9.84. The fourth-order valence-electron chi connectivity index (χ4n) is 3.03. The molecule has 0 saturated carbocycles. The van der Waals surface area contributed by atoms with Crippen LogP contribution >= 0.6 is 11.6 Å². The summed E-state index contributed by atoms with van der Waals surface area (Å²) < 4.78 is 12.6. The third-order valence-corrected chi connectivity index (χ3v) is 5.87. The predicted octanol–water partition coefficient (Wildman–Crippen LogP) is 4.15. The fourth-order valence-corrected chi connectivity index (χ4v) is 4.64. The molecule has 1 aliphatic rings. The highest BCUT2D eigenvalue weighted by atomic mass is 35.5. The van der Waals surface area contributed by atoms with Gasteiger partial charge < -0.3 is 5.73 Å². The first kappa shape index (κ1) is 14.6. The van der Waals surface area contributed by atoms with E-state index in [2.05, 4.69) is 24.3 Å². The number of anilines is 1. The molecule has 2 N–H and O–H groups in total. The Kier molecular flexibility index (Phi) is 4.32. The highest BCUT2D eigenvalue weighted by Gasteiger charge is 2.23. The monoisotopic (exact) mass is 319 g/mol. The van der Waals surface area contributed by atoms with Crippen LogP contribution in [0.3, 0.4) is 0 Å². The number of rotatable bonds is 3. The minimum Gasteiger partial charge on any atom is -0.398 e. The van der Waals surface area contributed by atoms with Gasteiger partial charge in [0.05, 0.1) is 15.7 Å². The van der Waals surface area contributed by atoms with Crippen LogP contribution in [0.1, 0.15) is 29.9 Å². The molecule has 2 atom stereocenters. The summed E-state index contributed by atoms with van der Waals surface area (Å²) >= 11 is 5.90. The van der Waals surface area contributed by atoms with Gasteiger partial charge in [0.1, 0.15) is 0 Å². The molecule has 0 amide bonds. The van der Waals surface area contributed by atoms with Crippen molar-refractivity contribution in [1.29, 1.82) is 0 Å². The number of fused-ring (bicyclic) bond motifs is 1. The van der Waals surface area contributed by atoms with E-state index in [-0.39, 0.29) is 0 Å². The first-order valence-electron chi connectivity index (χ1n) is 7.16. The van der Waals surface area contributed by atoms with E-state index < -0.39 is 10.8 Å². The summed E-state index contributed by atoms with van der Waals surface area (Å²) in [5.41, 5.74) is 9.21. The second-order valence-corrected chi connectivity index (χ2v) is 7.38. The Bertz CT molecular complexity index is 686. The minimum absolute atomic E-state index is 0.353. The number of aryl methyl sites for hydroxylation is 1. The van der Waals surface area contributed by atoms with Crippen LogP contribution < -0.4 is 5.73 Å². The molecule has 0 fully saturated rings. The van der Waals surface area contributed by atoms with Gasteiger partial charge in [-0.05, 0) is 54.5 Å². The standard InChI is InChI=1S/C17H18ClNOS/c18-14-8-9-17(16(19)10-14)21(20)11-13-6-3-5-12-4-1-2-7-15(12)13/h1-2,4,7-10,13H,3,5-6,11,19H2. The molecule has 0 aromatic heterocycles. The van der Waals surface area contributed by atoms with Crippen molar-refractivity contribution >= 4 is 28.1 Å². The first-order valence-corrected chi connectivity index (χ1v) is 8.86. The molecule has 110 valence electrons. The third-order valence-electron chi connectivity index (χ3n) is 4.06. The Labute approximate surface area is 132 Å². The summed E-state index contributed by atoms with van der Waals surface area (Å²) in [6, 6.07) is 13.7. The first-order chi connectivity index (χ1) is 10.1. The van der Waals surface area contributed by atoms with Gasteiger partial charge in [-0.15, -0.1) is 0 Å². The second kappa shape index (κ2) is 6.20. The Morgan fingerprint density at radius 1 is 1.24 bits per heavy atom. The topological polar surface area (TPSA) is 43.1 Å². The molecule has 0 heterocycles. The number of hydrogen-bond acceptors (Lipinski definition) is 2. The lowest BCUT2D eigenvalue weighted by molar-refractivity contribution is 0.588. The molecule has 0 radical (unpaired) electrons. The molecule has 2 nitrogen and oxygen atoms in total. The van der Waals surface area contributed by atoms with Gasteiger partial charge in [0, 0.05) is 16.5 Å². The highest BCUT2D eigenvalue weighted by molar-refractivity contribution is 7.85. The van der Waals surface area contributed by atoms with Crippen molar-refractivity contribution in [2.75, 3.05) is 11.5 Å². The van der Waals surface area contributed by atoms with Crippen molar-refractivity contribution in [3.05, 3.63) is 58.6 Å². The molecule has 2 aromatic carbocycles. The normalized spacial score (nSPS) is 19.0. The summed E-state index contributed by atoms with van der Waals surface area (Å²) in [7, 11) is -1.09. The van der Waals surface area contributed by atoms with Crippen LogP contribution in [0, 0.1) is 0 Å². The average Bonchev–Trinajstić information content (AvgIpc) is 2.47. The number of hydrogen-bond donors (Lipinski definition) is 1. The summed E-state index contributed by atoms with van der Waals surface area (Å²) in [6.07, 6.45) is 3.38. The zero-order chi connectivity index (χ0) is 14.8. The number of nitrogen functional groups attached to an aromatic ring is 1. The fraction of sp³-hybridized carbons (Fsp3) is 0.294. The molecule has 2 aromatic rings. The molecule has 3 rings (SSSR count). The average molecular weight is 320 g/mol. The molecule has 2 unspecified atom stereocenters. The molecule has 0 bridgehead atoms. The Morgan fingerprint density at radius 2 is 2.05 bits per heavy atom. The van der Waals surface area contributed by atoms with E-state index in [1.807, 2.05) is 0 Å². The summed E-state index contributed by atoms with van der Waals surface area (Å²) in [6.45, 7) is 0. The maximum absolute atomic E-state index is 12.6. The number of halogens is 1. The minimum atomic E-state index is -1.09. The maximum atomic E-state index is 12.6. The molecular weight excluding hydrogens is 302 g/mol. The highest BCUT2D eigenvalue weighted by Crippen LogP contribution is 2.33. The molecule has 0 saturated heterocycles. The largest absolute Gasteiger partial charge is 0.398 e. The van der Waals surface area contributed by atoms with Crippen molar-refractivity contribution in [2.24, 2.45) is 0 Å². The van der Waals surface area contributed by atoms with E-state index in [0.29, 0.717) is 27.3 Å². The van der Waals surface area contributed by atoms with E-state index in [0.717, 1.165) is 19.3 Å². The molecule has 4 heteroatoms. The second-order valence-electron chi connectivity index (χ2n) is 5.48. The zero-order valence-electron chi connectivity index (χ0n) is 11.7. The van der Waals surface area contributed by atoms with E-state index in [1.54, 1.807) is 18.2 Å². The van der Waals surface area contributed by atoms with Crippen LogP contribution in [-0.4, -0.2) is 9.96 Å². The Hall–Kier alpha value is -1.32. The van der Waals surface area contributed by atoms with E-state index in [9.17, 15) is 4.21 Å². The van der Waals surface area contributed by atoms with Crippen LogP contribution in [0.4, 0.5) is 5.69 Å². The summed E-state index contributed by atoms with van der Waals surface area (Å²) in [5.74, 6) is 0.980. The van der Waals surface area contributed by atoms with Crippen LogP contribution in [0.5, 0.6) is 0 Å². The number of nitrogens with two attached hydrogens (primary N) is 1. The van der Waals surface area contributed by atoms with Gasteiger partial charge in [0.25, 0.3) is 0 Å². The summed E-state index contributed by atoms with van der Waals surface area (Å²) in [5, 5.41) is 0.580. The van der Waals surface area contributed by atoms with Gasteiger partial charge >= 0.3 is 0 Å². The number of benzene rings is 2. The van der Waals surface area contributed by atoms with Crippen molar-refractivity contribution in [2.45, 2.75) is 30.1 Å². The van der Waals surface area contributed by atoms with Gasteiger partial charge in [-0.2, -0.15) is 0 Å². The SMILES string of the molecule is Nc1cc(Cl)ccc1S(=O)CC1CCCc2ccccc21. The molecule has 0 aliphatic heterocycles. The van der Waals surface area contributed by atoms with Gasteiger partial charge in [0.15, 0.2) is 0 Å². The van der Waals surface area contributed by atoms with Crippen molar-refractivity contribution < 1.29 is 4.21 Å². The Balaban J connectivity index is 1.83. The van der Waals surface area contributed by atoms with Gasteiger partial charge in [-0.25, -0.2) is 0 Å². The van der Waals surface area contributed by atoms with Crippen LogP contribution in [0.2, 0.25) is 5.02 Å². The van der Waals surface area contributed by atoms with Crippen molar-refractivity contribution in [3.8, 4) is 0 Å². The molecule has 0 spiro atoms. The predicted molar refractivity (Wildman–Crippen MR) is 89.3 cm³/mol.